The van der Waals surface area contributed by atoms with E-state index in [-0.39, 0.29) is 5.56 Å². The lowest BCUT2D eigenvalue weighted by Crippen LogP contribution is -2.37. The first-order chi connectivity index (χ1) is 16.4. The Bertz CT molecular complexity index is 1720. The zero-order valence-electron chi connectivity index (χ0n) is 18.7. The minimum Gasteiger partial charge on any atom is -0.474 e. The van der Waals surface area contributed by atoms with Crippen molar-refractivity contribution in [1.29, 1.82) is 0 Å². The topological polar surface area (TPSA) is 71.3 Å². The van der Waals surface area contributed by atoms with Gasteiger partial charge in [0.05, 0.1) is 34.2 Å². The number of furan rings is 1. The molecule has 1 aliphatic heterocycles. The van der Waals surface area contributed by atoms with Gasteiger partial charge in [-0.15, -0.1) is 0 Å². The normalized spacial score (nSPS) is 14.6. The summed E-state index contributed by atoms with van der Waals surface area (Å²) in [5.41, 5.74) is 3.58. The van der Waals surface area contributed by atoms with Crippen LogP contribution in [0, 0.1) is 6.92 Å². The van der Waals surface area contributed by atoms with Crippen LogP contribution >= 0.6 is 11.6 Å². The van der Waals surface area contributed by atoms with Gasteiger partial charge in [-0.3, -0.25) is 13.9 Å². The first kappa shape index (κ1) is 20.6. The number of aromatic nitrogens is 3. The molecule has 0 spiro atoms. The zero-order valence-corrected chi connectivity index (χ0v) is 19.5. The second-order valence-corrected chi connectivity index (χ2v) is 8.88. The second kappa shape index (κ2) is 7.27. The summed E-state index contributed by atoms with van der Waals surface area (Å²) in [6.07, 6.45) is 0.896. The molecular weight excluding hydrogens is 454 g/mol. The largest absolute Gasteiger partial charge is 0.474 e. The number of fused-ring (bicyclic) bond motifs is 5. The van der Waals surface area contributed by atoms with E-state index in [2.05, 4.69) is 0 Å². The maximum Gasteiger partial charge on any atom is 0.331 e. The minimum absolute atomic E-state index is 0.375. The molecule has 0 saturated carbocycles. The fourth-order valence-corrected chi connectivity index (χ4v) is 5.03. The Morgan fingerprint density at radius 3 is 2.50 bits per heavy atom. The maximum atomic E-state index is 13.6. The van der Waals surface area contributed by atoms with E-state index in [9.17, 15) is 9.59 Å². The molecule has 5 aromatic rings. The van der Waals surface area contributed by atoms with Crippen molar-refractivity contribution in [1.82, 2.24) is 13.7 Å². The van der Waals surface area contributed by atoms with Crippen LogP contribution in [0.1, 0.15) is 23.1 Å². The molecule has 1 atom stereocenters. The fraction of sp³-hybridized carbons (Fsp3) is 0.154. The average molecular weight is 474 g/mol. The van der Waals surface area contributed by atoms with Crippen molar-refractivity contribution >= 4 is 22.5 Å². The van der Waals surface area contributed by atoms with Crippen LogP contribution in [0.4, 0.5) is 0 Å². The highest BCUT2D eigenvalue weighted by Crippen LogP contribution is 2.47. The summed E-state index contributed by atoms with van der Waals surface area (Å²) >= 11 is 6.41. The van der Waals surface area contributed by atoms with Crippen LogP contribution in [0.3, 0.4) is 0 Å². The predicted molar refractivity (Wildman–Crippen MR) is 130 cm³/mol. The maximum absolute atomic E-state index is 13.6. The number of hydrogen-bond acceptors (Lipinski definition) is 4. The van der Waals surface area contributed by atoms with Crippen molar-refractivity contribution in [3.63, 3.8) is 0 Å². The molecule has 0 bridgehead atoms. The van der Waals surface area contributed by atoms with Gasteiger partial charge in [0.2, 0.25) is 0 Å². The Labute approximate surface area is 199 Å². The quantitative estimate of drug-likeness (QED) is 0.371. The molecule has 4 heterocycles. The molecule has 170 valence electrons. The number of nitrogens with zero attached hydrogens (tertiary/aromatic N) is 3. The Balaban J connectivity index is 1.92. The molecule has 0 radical (unpaired) electrons. The third-order valence-electron chi connectivity index (χ3n) is 6.47. The summed E-state index contributed by atoms with van der Waals surface area (Å²) in [4.78, 5) is 26.7. The minimum atomic E-state index is -0.679. The van der Waals surface area contributed by atoms with E-state index in [1.54, 1.807) is 31.5 Å². The molecule has 0 amide bonds. The molecule has 0 N–H and O–H groups in total. The fourth-order valence-electron chi connectivity index (χ4n) is 4.86. The number of hydrogen-bond donors (Lipinski definition) is 0. The SMILES string of the molecule is Cc1ccccc1-c1c2c(=O)n(C)c(=O)n(C)c2c2n1-c1cc(Cl)ccc1O[C@@H]2c1ccco1. The van der Waals surface area contributed by atoms with Gasteiger partial charge in [-0.1, -0.05) is 35.9 Å². The van der Waals surface area contributed by atoms with Gasteiger partial charge in [0.25, 0.3) is 5.56 Å². The average Bonchev–Trinajstić information content (AvgIpc) is 3.48. The van der Waals surface area contributed by atoms with Crippen LogP contribution in [-0.4, -0.2) is 13.7 Å². The third kappa shape index (κ3) is 2.70. The number of halogens is 1. The van der Waals surface area contributed by atoms with Crippen molar-refractivity contribution in [2.24, 2.45) is 14.1 Å². The van der Waals surface area contributed by atoms with Crippen LogP contribution in [-0.2, 0) is 14.1 Å². The van der Waals surface area contributed by atoms with Gasteiger partial charge in [-0.25, -0.2) is 4.79 Å². The first-order valence-electron chi connectivity index (χ1n) is 10.8. The lowest BCUT2D eigenvalue weighted by molar-refractivity contribution is 0.199. The van der Waals surface area contributed by atoms with Gasteiger partial charge in [-0.2, -0.15) is 0 Å². The van der Waals surface area contributed by atoms with Crippen LogP contribution in [0.2, 0.25) is 5.02 Å². The van der Waals surface area contributed by atoms with Gasteiger partial charge in [-0.05, 0) is 42.8 Å². The molecule has 7 nitrogen and oxygen atoms in total. The summed E-state index contributed by atoms with van der Waals surface area (Å²) in [5, 5.41) is 0.960. The molecule has 0 fully saturated rings. The van der Waals surface area contributed by atoms with E-state index in [0.717, 1.165) is 15.7 Å². The lowest BCUT2D eigenvalue weighted by Gasteiger charge is -2.29. The van der Waals surface area contributed by atoms with Crippen molar-refractivity contribution in [2.45, 2.75) is 13.0 Å². The number of aryl methyl sites for hydroxylation is 2. The highest BCUT2D eigenvalue weighted by Gasteiger charge is 2.37. The summed E-state index contributed by atoms with van der Waals surface area (Å²) in [6.45, 7) is 2.00. The van der Waals surface area contributed by atoms with Crippen LogP contribution < -0.4 is 16.0 Å². The molecule has 3 aromatic heterocycles. The van der Waals surface area contributed by atoms with Crippen molar-refractivity contribution < 1.29 is 9.15 Å². The van der Waals surface area contributed by atoms with Gasteiger partial charge >= 0.3 is 5.69 Å². The predicted octanol–water partition coefficient (Wildman–Crippen LogP) is 4.73. The van der Waals surface area contributed by atoms with E-state index in [0.29, 0.717) is 44.5 Å². The summed E-state index contributed by atoms with van der Waals surface area (Å²) in [7, 11) is 3.16. The Hall–Kier alpha value is -3.97. The summed E-state index contributed by atoms with van der Waals surface area (Å²) in [5.74, 6) is 1.15. The second-order valence-electron chi connectivity index (χ2n) is 8.44. The lowest BCUT2D eigenvalue weighted by atomic mass is 10.0. The molecule has 2 aromatic carbocycles. The molecule has 0 unspecified atom stereocenters. The molecular formula is C26H20ClN3O4. The molecule has 0 aliphatic carbocycles. The highest BCUT2D eigenvalue weighted by atomic mass is 35.5. The Kier molecular flexibility index (Phi) is 4.41. The highest BCUT2D eigenvalue weighted by molar-refractivity contribution is 6.30. The Morgan fingerprint density at radius 1 is 0.971 bits per heavy atom. The monoisotopic (exact) mass is 473 g/mol. The van der Waals surface area contributed by atoms with E-state index < -0.39 is 11.8 Å². The van der Waals surface area contributed by atoms with E-state index in [1.807, 2.05) is 47.9 Å². The van der Waals surface area contributed by atoms with Crippen molar-refractivity contribution in [3.8, 4) is 22.7 Å². The van der Waals surface area contributed by atoms with Crippen LogP contribution in [0.15, 0.2) is 74.9 Å². The molecule has 0 saturated heterocycles. The van der Waals surface area contributed by atoms with Crippen LogP contribution in [0.5, 0.6) is 5.75 Å². The Morgan fingerprint density at radius 2 is 1.76 bits per heavy atom. The standard InChI is InChI=1S/C26H20ClN3O4/c1-14-7-4-5-8-16(14)21-20-22(28(2)26(32)29(3)25(20)31)23-24(19-9-6-12-33-19)34-18-11-10-15(27)13-17(18)30(21)23/h4-13,24H,1-3H3/t24-/m1/s1. The van der Waals surface area contributed by atoms with Crippen molar-refractivity contribution in [2.75, 3.05) is 0 Å². The van der Waals surface area contributed by atoms with Gasteiger partial charge in [0.1, 0.15) is 5.75 Å². The number of benzene rings is 2. The van der Waals surface area contributed by atoms with Crippen molar-refractivity contribution in [3.05, 3.63) is 104 Å². The molecule has 1 aliphatic rings. The molecule has 34 heavy (non-hydrogen) atoms. The van der Waals surface area contributed by atoms with Crippen LogP contribution in [0.25, 0.3) is 27.8 Å². The van der Waals surface area contributed by atoms with Gasteiger partial charge in [0.15, 0.2) is 11.9 Å². The third-order valence-corrected chi connectivity index (χ3v) is 6.70. The molecule has 6 rings (SSSR count). The van der Waals surface area contributed by atoms with E-state index in [4.69, 9.17) is 20.8 Å². The number of rotatable bonds is 2. The van der Waals surface area contributed by atoms with E-state index in [1.165, 1.54) is 11.6 Å². The zero-order chi connectivity index (χ0) is 23.7. The summed E-state index contributed by atoms with van der Waals surface area (Å²) < 4.78 is 16.8. The smallest absolute Gasteiger partial charge is 0.331 e. The molecule has 8 heteroatoms. The van der Waals surface area contributed by atoms with Gasteiger partial charge in [0, 0.05) is 24.7 Å². The first-order valence-corrected chi connectivity index (χ1v) is 11.2. The summed E-state index contributed by atoms with van der Waals surface area (Å²) in [6, 6.07) is 16.8. The van der Waals surface area contributed by atoms with Gasteiger partial charge < -0.3 is 13.7 Å². The number of ether oxygens (including phenoxy) is 1. The van der Waals surface area contributed by atoms with E-state index >= 15 is 0 Å².